The van der Waals surface area contributed by atoms with E-state index in [-0.39, 0.29) is 29.3 Å². The highest BCUT2D eigenvalue weighted by atomic mass is 19.4. The minimum absolute atomic E-state index is 0.132. The van der Waals surface area contributed by atoms with Crippen LogP contribution in [-0.2, 0) is 17.1 Å². The summed E-state index contributed by atoms with van der Waals surface area (Å²) in [5, 5.41) is 12.6. The molecule has 3 amide bonds. The molecule has 0 unspecified atom stereocenters. The average molecular weight is 461 g/mol. The highest BCUT2D eigenvalue weighted by Gasteiger charge is 2.39. The number of nitrogens with zero attached hydrogens (tertiary/aromatic N) is 2. The number of nitro benzene ring substituents is 1. The first-order chi connectivity index (χ1) is 14.7. The Labute approximate surface area is 173 Å². The third-order valence-corrected chi connectivity index (χ3v) is 4.34. The lowest BCUT2D eigenvalue weighted by Gasteiger charge is -2.16. The number of amides is 3. The van der Waals surface area contributed by atoms with Gasteiger partial charge in [-0.1, -0.05) is 0 Å². The average Bonchev–Trinajstić information content (AvgIpc) is 2.90. The van der Waals surface area contributed by atoms with Crippen LogP contribution >= 0.6 is 0 Å². The molecule has 2 aromatic carbocycles. The molecule has 0 bridgehead atoms. The smallest absolute Gasteiger partial charge is 0.325 e. The van der Waals surface area contributed by atoms with Gasteiger partial charge in [0.1, 0.15) is 6.54 Å². The molecule has 168 valence electrons. The monoisotopic (exact) mass is 461 g/mol. The molecule has 1 aliphatic heterocycles. The fourth-order valence-corrected chi connectivity index (χ4v) is 2.91. The molecule has 1 heterocycles. The van der Waals surface area contributed by atoms with Crippen molar-refractivity contribution < 1.29 is 45.6 Å². The Morgan fingerprint density at radius 1 is 0.906 bits per heavy atom. The summed E-state index contributed by atoms with van der Waals surface area (Å²) >= 11 is 0. The number of anilines is 1. The number of fused-ring (bicyclic) bond motifs is 1. The van der Waals surface area contributed by atoms with Crippen LogP contribution in [0.2, 0.25) is 0 Å². The van der Waals surface area contributed by atoms with Crippen LogP contribution in [0, 0.1) is 10.1 Å². The van der Waals surface area contributed by atoms with Crippen LogP contribution in [0.25, 0.3) is 0 Å². The first-order valence-electron chi connectivity index (χ1n) is 8.42. The summed E-state index contributed by atoms with van der Waals surface area (Å²) in [7, 11) is 0. The number of benzene rings is 2. The van der Waals surface area contributed by atoms with Gasteiger partial charge in [-0.3, -0.25) is 29.4 Å². The van der Waals surface area contributed by atoms with Crippen molar-refractivity contribution in [2.75, 3.05) is 11.9 Å². The second kappa shape index (κ2) is 7.62. The Morgan fingerprint density at radius 3 is 1.94 bits per heavy atom. The van der Waals surface area contributed by atoms with Gasteiger partial charge in [-0.15, -0.1) is 0 Å². The first kappa shape index (κ1) is 22.7. The van der Waals surface area contributed by atoms with E-state index >= 15 is 0 Å². The minimum atomic E-state index is -5.14. The summed E-state index contributed by atoms with van der Waals surface area (Å²) in [6.45, 7) is -1.04. The molecule has 0 radical (unpaired) electrons. The van der Waals surface area contributed by atoms with Gasteiger partial charge in [0.2, 0.25) is 5.91 Å². The van der Waals surface area contributed by atoms with Crippen molar-refractivity contribution in [3.8, 4) is 0 Å². The molecule has 0 saturated carbocycles. The number of nitrogens with one attached hydrogen (secondary N) is 1. The van der Waals surface area contributed by atoms with Gasteiger partial charge in [0.05, 0.1) is 27.2 Å². The highest BCUT2D eigenvalue weighted by molar-refractivity contribution is 6.23. The van der Waals surface area contributed by atoms with Crippen LogP contribution in [0.4, 0.5) is 37.7 Å². The van der Waals surface area contributed by atoms with E-state index in [4.69, 9.17) is 0 Å². The molecular formula is C18H9F6N3O5. The zero-order valence-electron chi connectivity index (χ0n) is 15.4. The standard InChI is InChI=1S/C18H9F6N3O5/c19-17(20,21)8-3-9(18(22,23)24)5-10(4-8)25-14(28)7-26-15(29)12-2-1-11(27(31)32)6-13(12)16(26)30/h1-6H,7H2,(H,25,28). The SMILES string of the molecule is O=C(CN1C(=O)c2ccc([N+](=O)[O-])cc2C1=O)Nc1cc(C(F)(F)F)cc(C(F)(F)F)c1. The lowest BCUT2D eigenvalue weighted by Crippen LogP contribution is -2.37. The molecule has 0 fully saturated rings. The summed E-state index contributed by atoms with van der Waals surface area (Å²) in [4.78, 5) is 47.2. The lowest BCUT2D eigenvalue weighted by atomic mass is 10.1. The molecule has 0 aromatic heterocycles. The number of non-ortho nitro benzene ring substituents is 1. The second-order valence-electron chi connectivity index (χ2n) is 6.53. The molecule has 2 aromatic rings. The lowest BCUT2D eigenvalue weighted by molar-refractivity contribution is -0.384. The van der Waals surface area contributed by atoms with Gasteiger partial charge >= 0.3 is 12.4 Å². The summed E-state index contributed by atoms with van der Waals surface area (Å²) in [5.74, 6) is -3.35. The topological polar surface area (TPSA) is 110 Å². The molecule has 0 saturated heterocycles. The van der Waals surface area contributed by atoms with Crippen molar-refractivity contribution >= 4 is 29.1 Å². The number of nitro groups is 1. The highest BCUT2D eigenvalue weighted by Crippen LogP contribution is 2.37. The number of hydrogen-bond donors (Lipinski definition) is 1. The van der Waals surface area contributed by atoms with E-state index in [0.717, 1.165) is 18.2 Å². The number of halogens is 6. The second-order valence-corrected chi connectivity index (χ2v) is 6.53. The third kappa shape index (κ3) is 4.38. The van der Waals surface area contributed by atoms with Crippen molar-refractivity contribution in [2.45, 2.75) is 12.4 Å². The van der Waals surface area contributed by atoms with Gasteiger partial charge in [0.15, 0.2) is 0 Å². The van der Waals surface area contributed by atoms with E-state index in [9.17, 15) is 50.8 Å². The van der Waals surface area contributed by atoms with Gasteiger partial charge < -0.3 is 5.32 Å². The molecule has 0 atom stereocenters. The molecule has 1 N–H and O–H groups in total. The van der Waals surface area contributed by atoms with E-state index in [1.807, 2.05) is 0 Å². The maximum atomic E-state index is 12.9. The van der Waals surface area contributed by atoms with Crippen LogP contribution in [0.1, 0.15) is 31.8 Å². The first-order valence-corrected chi connectivity index (χ1v) is 8.42. The zero-order valence-corrected chi connectivity index (χ0v) is 15.4. The number of carbonyl (C=O) groups excluding carboxylic acids is 3. The van der Waals surface area contributed by atoms with E-state index in [2.05, 4.69) is 0 Å². The van der Waals surface area contributed by atoms with Gasteiger partial charge in [0, 0.05) is 17.8 Å². The van der Waals surface area contributed by atoms with E-state index in [1.165, 1.54) is 0 Å². The maximum Gasteiger partial charge on any atom is 0.416 e. The summed E-state index contributed by atoms with van der Waals surface area (Å²) < 4.78 is 77.5. The molecule has 0 aliphatic carbocycles. The molecular weight excluding hydrogens is 452 g/mol. The van der Waals surface area contributed by atoms with Gasteiger partial charge in [0.25, 0.3) is 17.5 Å². The predicted molar refractivity (Wildman–Crippen MR) is 93.5 cm³/mol. The number of carbonyl (C=O) groups is 3. The maximum absolute atomic E-state index is 12.9. The quantitative estimate of drug-likeness (QED) is 0.322. The van der Waals surface area contributed by atoms with E-state index < -0.39 is 64.0 Å². The van der Waals surface area contributed by atoms with Crippen LogP contribution in [-0.4, -0.2) is 34.1 Å². The van der Waals surface area contributed by atoms with Crippen LogP contribution in [0.15, 0.2) is 36.4 Å². The fourth-order valence-electron chi connectivity index (χ4n) is 2.91. The Kier molecular flexibility index (Phi) is 5.41. The van der Waals surface area contributed by atoms with Crippen LogP contribution < -0.4 is 5.32 Å². The van der Waals surface area contributed by atoms with Gasteiger partial charge in [-0.05, 0) is 24.3 Å². The number of hydrogen-bond acceptors (Lipinski definition) is 5. The van der Waals surface area contributed by atoms with Crippen LogP contribution in [0.3, 0.4) is 0 Å². The largest absolute Gasteiger partial charge is 0.416 e. The van der Waals surface area contributed by atoms with Gasteiger partial charge in [-0.2, -0.15) is 26.3 Å². The number of alkyl halides is 6. The molecule has 14 heteroatoms. The molecule has 0 spiro atoms. The fraction of sp³-hybridized carbons (Fsp3) is 0.167. The van der Waals surface area contributed by atoms with Crippen molar-refractivity contribution in [1.82, 2.24) is 4.90 Å². The minimum Gasteiger partial charge on any atom is -0.325 e. The van der Waals surface area contributed by atoms with Crippen molar-refractivity contribution in [2.24, 2.45) is 0 Å². The van der Waals surface area contributed by atoms with Crippen LogP contribution in [0.5, 0.6) is 0 Å². The van der Waals surface area contributed by atoms with Gasteiger partial charge in [-0.25, -0.2) is 0 Å². The molecule has 32 heavy (non-hydrogen) atoms. The van der Waals surface area contributed by atoms with Crippen molar-refractivity contribution in [3.63, 3.8) is 0 Å². The molecule has 1 aliphatic rings. The number of imide groups is 1. The normalized spacial score (nSPS) is 13.9. The summed E-state index contributed by atoms with van der Waals surface area (Å²) in [6, 6.07) is 3.16. The van der Waals surface area contributed by atoms with E-state index in [0.29, 0.717) is 4.90 Å². The zero-order chi connectivity index (χ0) is 24.0. The Hall–Kier alpha value is -3.97. The Balaban J connectivity index is 1.84. The summed E-state index contributed by atoms with van der Waals surface area (Å²) in [6.07, 6.45) is -10.3. The predicted octanol–water partition coefficient (Wildman–Crippen LogP) is 3.87. The Bertz CT molecular complexity index is 1130. The summed E-state index contributed by atoms with van der Waals surface area (Å²) in [5.41, 5.74) is -5.31. The van der Waals surface area contributed by atoms with Crippen molar-refractivity contribution in [3.05, 3.63) is 68.8 Å². The molecule has 3 rings (SSSR count). The number of rotatable bonds is 4. The van der Waals surface area contributed by atoms with Crippen molar-refractivity contribution in [1.29, 1.82) is 0 Å². The Morgan fingerprint density at radius 2 is 1.44 bits per heavy atom. The third-order valence-electron chi connectivity index (χ3n) is 4.34. The van der Waals surface area contributed by atoms with E-state index in [1.54, 1.807) is 5.32 Å². The molecule has 8 nitrogen and oxygen atoms in total.